The fraction of sp³-hybridized carbons (Fsp3) is 0.429. The minimum absolute atomic E-state index is 0.0446. The maximum absolute atomic E-state index is 13.0. The Kier molecular flexibility index (Phi) is 5.19. The highest BCUT2D eigenvalue weighted by Crippen LogP contribution is 2.24. The minimum atomic E-state index is -0.969. The van der Waals surface area contributed by atoms with Gasteiger partial charge in [0, 0.05) is 13.0 Å². The predicted molar refractivity (Wildman–Crippen MR) is 68.9 cm³/mol. The van der Waals surface area contributed by atoms with E-state index in [0.717, 1.165) is 12.1 Å². The van der Waals surface area contributed by atoms with Gasteiger partial charge in [-0.15, -0.1) is 0 Å². The summed E-state index contributed by atoms with van der Waals surface area (Å²) in [4.78, 5) is 22.3. The smallest absolute Gasteiger partial charge is 0.303 e. The van der Waals surface area contributed by atoms with Gasteiger partial charge in [-0.3, -0.25) is 9.59 Å². The Hall–Kier alpha value is -1.98. The number of benzene rings is 1. The molecule has 0 aromatic heterocycles. The molecule has 0 saturated heterocycles. The molecule has 110 valence electrons. The molecule has 1 amide bonds. The number of carbonyl (C=O) groups excluding carboxylic acids is 1. The average molecular weight is 285 g/mol. The third-order valence-electron chi connectivity index (χ3n) is 2.74. The van der Waals surface area contributed by atoms with Crippen molar-refractivity contribution in [1.29, 1.82) is 0 Å². The number of halogens is 2. The molecular formula is C14H17F2NO3. The quantitative estimate of drug-likeness (QED) is 0.843. The second kappa shape index (κ2) is 6.45. The van der Waals surface area contributed by atoms with Crippen molar-refractivity contribution < 1.29 is 23.5 Å². The zero-order valence-electron chi connectivity index (χ0n) is 11.4. The van der Waals surface area contributed by atoms with E-state index < -0.39 is 23.0 Å². The molecule has 2 N–H and O–H groups in total. The molecule has 0 saturated carbocycles. The van der Waals surface area contributed by atoms with E-state index in [2.05, 4.69) is 5.32 Å². The molecule has 0 heterocycles. The maximum atomic E-state index is 13.0. The molecule has 0 spiro atoms. The number of carbonyl (C=O) groups is 2. The van der Waals surface area contributed by atoms with E-state index >= 15 is 0 Å². The van der Waals surface area contributed by atoms with E-state index in [9.17, 15) is 18.4 Å². The maximum Gasteiger partial charge on any atom is 0.303 e. The molecule has 0 aliphatic heterocycles. The number of nitrogens with one attached hydrogen (secondary N) is 1. The molecule has 6 heteroatoms. The van der Waals surface area contributed by atoms with Gasteiger partial charge in [0.15, 0.2) is 11.6 Å². The van der Waals surface area contributed by atoms with Crippen molar-refractivity contribution in [2.45, 2.75) is 33.2 Å². The van der Waals surface area contributed by atoms with Crippen molar-refractivity contribution in [3.8, 4) is 0 Å². The summed E-state index contributed by atoms with van der Waals surface area (Å²) in [6, 6.07) is 3.38. The monoisotopic (exact) mass is 285 g/mol. The number of amides is 1. The van der Waals surface area contributed by atoms with E-state index in [1.165, 1.54) is 6.07 Å². The lowest BCUT2D eigenvalue weighted by Gasteiger charge is -2.21. The van der Waals surface area contributed by atoms with E-state index in [-0.39, 0.29) is 25.3 Å². The first-order valence-electron chi connectivity index (χ1n) is 6.12. The molecule has 0 atom stereocenters. The van der Waals surface area contributed by atoms with Crippen LogP contribution in [0.25, 0.3) is 0 Å². The first kappa shape index (κ1) is 16.1. The average Bonchev–Trinajstić information content (AvgIpc) is 2.28. The van der Waals surface area contributed by atoms with Gasteiger partial charge in [0.05, 0.1) is 6.42 Å². The highest BCUT2D eigenvalue weighted by molar-refractivity contribution is 5.77. The number of aliphatic carboxylic acids is 1. The molecule has 4 nitrogen and oxygen atoms in total. The molecule has 1 rings (SSSR count). The second-order valence-corrected chi connectivity index (χ2v) is 5.44. The summed E-state index contributed by atoms with van der Waals surface area (Å²) in [5.74, 6) is -3.21. The molecule has 0 fully saturated rings. The molecule has 1 aromatic rings. The molecule has 0 bridgehead atoms. The molecule has 0 aliphatic carbocycles. The van der Waals surface area contributed by atoms with E-state index in [0.29, 0.717) is 5.56 Å². The van der Waals surface area contributed by atoms with Crippen molar-refractivity contribution in [3.05, 3.63) is 35.4 Å². The van der Waals surface area contributed by atoms with Crippen LogP contribution in [0.3, 0.4) is 0 Å². The van der Waals surface area contributed by atoms with Crippen LogP contribution in [-0.4, -0.2) is 17.0 Å². The number of carboxylic acid groups (broad SMARTS) is 1. The van der Waals surface area contributed by atoms with Gasteiger partial charge in [-0.1, -0.05) is 19.9 Å². The lowest BCUT2D eigenvalue weighted by atomic mass is 9.85. The summed E-state index contributed by atoms with van der Waals surface area (Å²) >= 11 is 0. The number of carboxylic acids is 1. The van der Waals surface area contributed by atoms with Crippen LogP contribution in [0.5, 0.6) is 0 Å². The van der Waals surface area contributed by atoms with Gasteiger partial charge < -0.3 is 10.4 Å². The molecule has 20 heavy (non-hydrogen) atoms. The fourth-order valence-electron chi connectivity index (χ4n) is 1.82. The highest BCUT2D eigenvalue weighted by atomic mass is 19.2. The van der Waals surface area contributed by atoms with Gasteiger partial charge in [0.25, 0.3) is 0 Å². The van der Waals surface area contributed by atoms with E-state index in [4.69, 9.17) is 5.11 Å². The largest absolute Gasteiger partial charge is 0.481 e. The minimum Gasteiger partial charge on any atom is -0.481 e. The van der Waals surface area contributed by atoms with Crippen molar-refractivity contribution in [2.75, 3.05) is 0 Å². The Morgan fingerprint density at radius 1 is 1.20 bits per heavy atom. The van der Waals surface area contributed by atoms with Crippen molar-refractivity contribution >= 4 is 11.9 Å². The van der Waals surface area contributed by atoms with Crippen LogP contribution in [0.2, 0.25) is 0 Å². The Balaban J connectivity index is 2.51. The first-order chi connectivity index (χ1) is 9.19. The Morgan fingerprint density at radius 3 is 2.40 bits per heavy atom. The van der Waals surface area contributed by atoms with Crippen molar-refractivity contribution in [1.82, 2.24) is 5.32 Å². The van der Waals surface area contributed by atoms with Crippen molar-refractivity contribution in [2.24, 2.45) is 5.41 Å². The van der Waals surface area contributed by atoms with Gasteiger partial charge in [0.2, 0.25) is 5.91 Å². The van der Waals surface area contributed by atoms with Crippen LogP contribution in [0.4, 0.5) is 8.78 Å². The first-order valence-corrected chi connectivity index (χ1v) is 6.12. The summed E-state index contributed by atoms with van der Waals surface area (Å²) in [5, 5.41) is 11.3. The van der Waals surface area contributed by atoms with Crippen LogP contribution < -0.4 is 5.32 Å². The van der Waals surface area contributed by atoms with Crippen molar-refractivity contribution in [3.63, 3.8) is 0 Å². The third-order valence-corrected chi connectivity index (χ3v) is 2.74. The summed E-state index contributed by atoms with van der Waals surface area (Å²) in [6.45, 7) is 3.43. The van der Waals surface area contributed by atoms with Crippen LogP contribution in [-0.2, 0) is 16.1 Å². The fourth-order valence-corrected chi connectivity index (χ4v) is 1.82. The number of hydrogen-bond acceptors (Lipinski definition) is 2. The van der Waals surface area contributed by atoms with E-state index in [1.54, 1.807) is 13.8 Å². The summed E-state index contributed by atoms with van der Waals surface area (Å²) in [7, 11) is 0. The highest BCUT2D eigenvalue weighted by Gasteiger charge is 2.25. The third kappa shape index (κ3) is 5.34. The molecule has 0 aliphatic rings. The van der Waals surface area contributed by atoms with Crippen LogP contribution >= 0.6 is 0 Å². The van der Waals surface area contributed by atoms with Gasteiger partial charge in [-0.2, -0.15) is 0 Å². The number of hydrogen-bond donors (Lipinski definition) is 2. The van der Waals surface area contributed by atoms with E-state index in [1.807, 2.05) is 0 Å². The van der Waals surface area contributed by atoms with Gasteiger partial charge in [0.1, 0.15) is 0 Å². The molecular weight excluding hydrogens is 268 g/mol. The van der Waals surface area contributed by atoms with Gasteiger partial charge in [-0.05, 0) is 23.1 Å². The standard InChI is InChI=1S/C14H17F2NO3/c1-14(2,7-13(19)20)6-12(18)17-8-9-3-4-10(15)11(16)5-9/h3-5H,6-8H2,1-2H3,(H,17,18)(H,19,20). The summed E-state index contributed by atoms with van der Waals surface area (Å²) in [5.41, 5.74) is -0.225. The Labute approximate surface area is 115 Å². The summed E-state index contributed by atoms with van der Waals surface area (Å²) < 4.78 is 25.7. The topological polar surface area (TPSA) is 66.4 Å². The van der Waals surface area contributed by atoms with Crippen LogP contribution in [0.15, 0.2) is 18.2 Å². The number of rotatable bonds is 6. The lowest BCUT2D eigenvalue weighted by Crippen LogP contribution is -2.29. The Morgan fingerprint density at radius 2 is 1.85 bits per heavy atom. The van der Waals surface area contributed by atoms with Crippen LogP contribution in [0.1, 0.15) is 32.3 Å². The second-order valence-electron chi connectivity index (χ2n) is 5.44. The van der Waals surface area contributed by atoms with Crippen LogP contribution in [0, 0.1) is 17.0 Å². The normalized spacial score (nSPS) is 11.2. The zero-order chi connectivity index (χ0) is 15.3. The molecule has 1 aromatic carbocycles. The van der Waals surface area contributed by atoms with Gasteiger partial charge in [-0.25, -0.2) is 8.78 Å². The Bertz CT molecular complexity index is 515. The summed E-state index contributed by atoms with van der Waals surface area (Å²) in [6.07, 6.45) is -0.0748. The predicted octanol–water partition coefficient (Wildman–Crippen LogP) is 2.47. The molecule has 0 radical (unpaired) electrons. The molecule has 0 unspecified atom stereocenters. The SMILES string of the molecule is CC(C)(CC(=O)O)CC(=O)NCc1ccc(F)c(F)c1. The zero-order valence-corrected chi connectivity index (χ0v) is 11.4. The van der Waals surface area contributed by atoms with Gasteiger partial charge >= 0.3 is 5.97 Å². The lowest BCUT2D eigenvalue weighted by molar-refractivity contribution is -0.139.